The van der Waals surface area contributed by atoms with Crippen molar-refractivity contribution >= 4 is 22.9 Å². The minimum Gasteiger partial charge on any atom is -0.387 e. The van der Waals surface area contributed by atoms with Crippen LogP contribution >= 0.6 is 22.9 Å². The molecule has 3 rings (SSSR count). The van der Waals surface area contributed by atoms with Crippen molar-refractivity contribution < 1.29 is 5.11 Å². The summed E-state index contributed by atoms with van der Waals surface area (Å²) in [6.07, 6.45) is 0.707. The summed E-state index contributed by atoms with van der Waals surface area (Å²) in [5.41, 5.74) is 1.33. The minimum absolute atomic E-state index is 0.354. The molecule has 88 valence electrons. The van der Waals surface area contributed by atoms with Gasteiger partial charge in [0.05, 0.1) is 10.4 Å². The van der Waals surface area contributed by atoms with Crippen LogP contribution in [0.4, 0.5) is 0 Å². The summed E-state index contributed by atoms with van der Waals surface area (Å²) in [5.74, 6) is 0.860. The maximum absolute atomic E-state index is 10.3. The highest BCUT2D eigenvalue weighted by atomic mass is 35.5. The molecule has 1 fully saturated rings. The summed E-state index contributed by atoms with van der Waals surface area (Å²) >= 11 is 7.37. The molecule has 0 amide bonds. The van der Waals surface area contributed by atoms with Gasteiger partial charge in [-0.15, -0.1) is 11.3 Å². The Bertz CT molecular complexity index is 508. The van der Waals surface area contributed by atoms with Gasteiger partial charge in [0.15, 0.2) is 0 Å². The van der Waals surface area contributed by atoms with Gasteiger partial charge >= 0.3 is 0 Å². The van der Waals surface area contributed by atoms with E-state index in [0.717, 1.165) is 15.6 Å². The first-order chi connectivity index (χ1) is 8.25. The molecule has 1 nitrogen and oxygen atoms in total. The molecule has 1 saturated carbocycles. The second-order valence-corrected chi connectivity index (χ2v) is 6.25. The summed E-state index contributed by atoms with van der Waals surface area (Å²) in [7, 11) is 0. The van der Waals surface area contributed by atoms with Crippen molar-refractivity contribution in [1.29, 1.82) is 0 Å². The molecule has 1 aromatic carbocycles. The van der Waals surface area contributed by atoms with Gasteiger partial charge in [0.25, 0.3) is 0 Å². The number of halogens is 1. The fourth-order valence-corrected chi connectivity index (χ4v) is 3.47. The van der Waals surface area contributed by atoms with Crippen LogP contribution in [-0.4, -0.2) is 5.11 Å². The van der Waals surface area contributed by atoms with E-state index in [9.17, 15) is 5.11 Å². The predicted molar refractivity (Wildman–Crippen MR) is 71.6 cm³/mol. The van der Waals surface area contributed by atoms with Crippen LogP contribution in [0.1, 0.15) is 28.9 Å². The van der Waals surface area contributed by atoms with Crippen LogP contribution in [0.3, 0.4) is 0 Å². The Morgan fingerprint density at radius 2 is 1.94 bits per heavy atom. The molecule has 0 radical (unpaired) electrons. The van der Waals surface area contributed by atoms with Crippen molar-refractivity contribution in [2.75, 3.05) is 0 Å². The van der Waals surface area contributed by atoms with Gasteiger partial charge in [0, 0.05) is 4.88 Å². The number of benzene rings is 1. The van der Waals surface area contributed by atoms with Crippen molar-refractivity contribution in [3.05, 3.63) is 57.2 Å². The lowest BCUT2D eigenvalue weighted by Gasteiger charge is -2.07. The average Bonchev–Trinajstić information content (AvgIpc) is 3.05. The van der Waals surface area contributed by atoms with E-state index in [1.54, 1.807) is 0 Å². The SMILES string of the molecule is OC(c1ccc(Cl)s1)C1CC1c1ccccc1. The van der Waals surface area contributed by atoms with Crippen molar-refractivity contribution in [2.24, 2.45) is 5.92 Å². The van der Waals surface area contributed by atoms with Gasteiger partial charge in [-0.25, -0.2) is 0 Å². The zero-order valence-electron chi connectivity index (χ0n) is 9.21. The van der Waals surface area contributed by atoms with E-state index in [1.165, 1.54) is 16.9 Å². The maximum atomic E-state index is 10.3. The van der Waals surface area contributed by atoms with E-state index in [-0.39, 0.29) is 6.10 Å². The third-order valence-electron chi connectivity index (χ3n) is 3.36. The first-order valence-electron chi connectivity index (χ1n) is 5.74. The third-order valence-corrected chi connectivity index (χ3v) is 4.66. The number of hydrogen-bond acceptors (Lipinski definition) is 2. The summed E-state index contributed by atoms with van der Waals surface area (Å²) in [6, 6.07) is 14.2. The van der Waals surface area contributed by atoms with E-state index in [2.05, 4.69) is 24.3 Å². The molecule has 17 heavy (non-hydrogen) atoms. The van der Waals surface area contributed by atoms with Gasteiger partial charge in [-0.2, -0.15) is 0 Å². The molecular weight excluding hydrogens is 252 g/mol. The van der Waals surface area contributed by atoms with Gasteiger partial charge in [-0.05, 0) is 36.0 Å². The molecule has 2 aromatic rings. The Morgan fingerprint density at radius 1 is 1.18 bits per heavy atom. The number of hydrogen-bond donors (Lipinski definition) is 1. The maximum Gasteiger partial charge on any atom is 0.0932 e. The minimum atomic E-state index is -0.363. The quantitative estimate of drug-likeness (QED) is 0.879. The zero-order chi connectivity index (χ0) is 11.8. The van der Waals surface area contributed by atoms with Gasteiger partial charge in [-0.3, -0.25) is 0 Å². The Hall–Kier alpha value is -0.830. The molecule has 0 spiro atoms. The van der Waals surface area contributed by atoms with Gasteiger partial charge in [0.2, 0.25) is 0 Å². The Kier molecular flexibility index (Phi) is 2.95. The third kappa shape index (κ3) is 2.25. The monoisotopic (exact) mass is 264 g/mol. The summed E-state index contributed by atoms with van der Waals surface area (Å²) in [6.45, 7) is 0. The average molecular weight is 265 g/mol. The zero-order valence-corrected chi connectivity index (χ0v) is 10.8. The Balaban J connectivity index is 1.73. The largest absolute Gasteiger partial charge is 0.387 e. The molecule has 0 saturated heterocycles. The predicted octanol–water partition coefficient (Wildman–Crippen LogP) is 4.24. The molecule has 3 unspecified atom stereocenters. The normalized spacial score (nSPS) is 24.6. The fourth-order valence-electron chi connectivity index (χ4n) is 2.35. The summed E-state index contributed by atoms with van der Waals surface area (Å²) < 4.78 is 0.746. The van der Waals surface area contributed by atoms with Gasteiger partial charge < -0.3 is 5.11 Å². The first-order valence-corrected chi connectivity index (χ1v) is 6.93. The van der Waals surface area contributed by atoms with Crippen LogP contribution in [0.25, 0.3) is 0 Å². The highest BCUT2D eigenvalue weighted by molar-refractivity contribution is 7.16. The molecule has 0 bridgehead atoms. The molecule has 1 aromatic heterocycles. The molecular formula is C14H13ClOS. The molecule has 1 heterocycles. The fraction of sp³-hybridized carbons (Fsp3) is 0.286. The lowest BCUT2D eigenvalue weighted by Crippen LogP contribution is -1.98. The smallest absolute Gasteiger partial charge is 0.0932 e. The Labute approximate surface area is 110 Å². The second kappa shape index (κ2) is 4.45. The Morgan fingerprint density at radius 3 is 2.59 bits per heavy atom. The molecule has 1 aliphatic rings. The molecule has 3 atom stereocenters. The first kappa shape index (κ1) is 11.3. The number of aliphatic hydroxyl groups is 1. The number of rotatable bonds is 3. The van der Waals surface area contributed by atoms with Crippen LogP contribution in [0, 0.1) is 5.92 Å². The van der Waals surface area contributed by atoms with Crippen molar-refractivity contribution in [2.45, 2.75) is 18.4 Å². The standard InChI is InChI=1S/C14H13ClOS/c15-13-7-6-12(17-13)14(16)11-8-10(11)9-4-2-1-3-5-9/h1-7,10-11,14,16H,8H2. The van der Waals surface area contributed by atoms with E-state index < -0.39 is 0 Å². The lowest BCUT2D eigenvalue weighted by molar-refractivity contribution is 0.155. The lowest BCUT2D eigenvalue weighted by atomic mass is 10.1. The van der Waals surface area contributed by atoms with E-state index in [0.29, 0.717) is 11.8 Å². The molecule has 1 N–H and O–H groups in total. The van der Waals surface area contributed by atoms with Gasteiger partial charge in [0.1, 0.15) is 0 Å². The van der Waals surface area contributed by atoms with Crippen LogP contribution < -0.4 is 0 Å². The van der Waals surface area contributed by atoms with Crippen LogP contribution in [0.5, 0.6) is 0 Å². The second-order valence-electron chi connectivity index (χ2n) is 4.50. The highest BCUT2D eigenvalue weighted by Gasteiger charge is 2.44. The van der Waals surface area contributed by atoms with E-state index >= 15 is 0 Å². The number of thiophene rings is 1. The highest BCUT2D eigenvalue weighted by Crippen LogP contribution is 2.54. The van der Waals surface area contributed by atoms with E-state index in [1.807, 2.05) is 18.2 Å². The summed E-state index contributed by atoms with van der Waals surface area (Å²) in [4.78, 5) is 0.985. The topological polar surface area (TPSA) is 20.2 Å². The van der Waals surface area contributed by atoms with Crippen LogP contribution in [-0.2, 0) is 0 Å². The molecule has 3 heteroatoms. The van der Waals surface area contributed by atoms with Crippen molar-refractivity contribution in [3.63, 3.8) is 0 Å². The van der Waals surface area contributed by atoms with Crippen LogP contribution in [0.2, 0.25) is 4.34 Å². The van der Waals surface area contributed by atoms with Crippen molar-refractivity contribution in [1.82, 2.24) is 0 Å². The molecule has 0 aliphatic heterocycles. The number of aliphatic hydroxyl groups excluding tert-OH is 1. The van der Waals surface area contributed by atoms with Crippen LogP contribution in [0.15, 0.2) is 42.5 Å². The molecule has 1 aliphatic carbocycles. The van der Waals surface area contributed by atoms with E-state index in [4.69, 9.17) is 11.6 Å². The van der Waals surface area contributed by atoms with Gasteiger partial charge in [-0.1, -0.05) is 41.9 Å². The van der Waals surface area contributed by atoms with Crippen molar-refractivity contribution in [3.8, 4) is 0 Å². The summed E-state index contributed by atoms with van der Waals surface area (Å²) in [5, 5.41) is 10.3.